The topological polar surface area (TPSA) is 114 Å². The van der Waals surface area contributed by atoms with Crippen LogP contribution < -0.4 is 14.9 Å². The highest BCUT2D eigenvalue weighted by molar-refractivity contribution is 7.89. The van der Waals surface area contributed by atoms with Gasteiger partial charge in [0, 0.05) is 13.0 Å². The van der Waals surface area contributed by atoms with Gasteiger partial charge in [-0.15, -0.1) is 0 Å². The third kappa shape index (κ3) is 3.86. The Labute approximate surface area is 150 Å². The maximum atomic E-state index is 12.6. The summed E-state index contributed by atoms with van der Waals surface area (Å²) in [4.78, 5) is 11.9. The summed E-state index contributed by atoms with van der Waals surface area (Å²) in [7, 11) is -4.00. The van der Waals surface area contributed by atoms with Crippen LogP contribution in [-0.4, -0.2) is 38.3 Å². The lowest BCUT2D eigenvalue weighted by Crippen LogP contribution is -2.58. The standard InChI is InChI=1S/C17H18N2O6S/c20-16(18-21)17(10-11-24-12-17)19-26(22,23)15-8-6-14(7-9-15)25-13-4-2-1-3-5-13/h1-9,19,21H,10-12H2,(H,18,20). The normalized spacial score (nSPS) is 19.9. The lowest BCUT2D eigenvalue weighted by molar-refractivity contribution is -0.135. The lowest BCUT2D eigenvalue weighted by Gasteiger charge is -2.25. The molecule has 1 atom stereocenters. The number of carbonyl (C=O) groups is 1. The molecule has 9 heteroatoms. The highest BCUT2D eigenvalue weighted by atomic mass is 32.2. The van der Waals surface area contributed by atoms with Gasteiger partial charge >= 0.3 is 0 Å². The number of carbonyl (C=O) groups excluding carboxylic acids is 1. The summed E-state index contributed by atoms with van der Waals surface area (Å²) in [5.74, 6) is 0.243. The van der Waals surface area contributed by atoms with Crippen molar-refractivity contribution in [2.45, 2.75) is 16.9 Å². The lowest BCUT2D eigenvalue weighted by atomic mass is 10.00. The molecule has 3 rings (SSSR count). The molecule has 26 heavy (non-hydrogen) atoms. The smallest absolute Gasteiger partial charge is 0.267 e. The van der Waals surface area contributed by atoms with Gasteiger partial charge in [-0.2, -0.15) is 4.72 Å². The molecule has 3 N–H and O–H groups in total. The van der Waals surface area contributed by atoms with E-state index >= 15 is 0 Å². The zero-order valence-electron chi connectivity index (χ0n) is 13.7. The van der Waals surface area contributed by atoms with Gasteiger partial charge in [0.15, 0.2) is 0 Å². The Hall–Kier alpha value is -2.46. The molecular weight excluding hydrogens is 360 g/mol. The zero-order chi connectivity index (χ0) is 18.6. The first-order chi connectivity index (χ1) is 12.5. The van der Waals surface area contributed by atoms with E-state index in [4.69, 9.17) is 14.7 Å². The van der Waals surface area contributed by atoms with Gasteiger partial charge in [0.25, 0.3) is 5.91 Å². The minimum absolute atomic E-state index is 0.0325. The van der Waals surface area contributed by atoms with Crippen LogP contribution in [0.25, 0.3) is 0 Å². The van der Waals surface area contributed by atoms with Crippen LogP contribution in [0.2, 0.25) is 0 Å². The number of hydroxylamine groups is 1. The summed E-state index contributed by atoms with van der Waals surface area (Å²) >= 11 is 0. The molecule has 1 unspecified atom stereocenters. The monoisotopic (exact) mass is 378 g/mol. The molecular formula is C17H18N2O6S. The van der Waals surface area contributed by atoms with Crippen molar-refractivity contribution in [3.05, 3.63) is 54.6 Å². The SMILES string of the molecule is O=C(NO)C1(NS(=O)(=O)c2ccc(Oc3ccccc3)cc2)CCOC1. The quantitative estimate of drug-likeness (QED) is 0.517. The number of ether oxygens (including phenoxy) is 2. The molecule has 138 valence electrons. The molecule has 0 radical (unpaired) electrons. The van der Waals surface area contributed by atoms with E-state index in [1.54, 1.807) is 12.1 Å². The highest BCUT2D eigenvalue weighted by Gasteiger charge is 2.45. The van der Waals surface area contributed by atoms with Crippen LogP contribution in [0.4, 0.5) is 0 Å². The van der Waals surface area contributed by atoms with Gasteiger partial charge in [-0.1, -0.05) is 18.2 Å². The van der Waals surface area contributed by atoms with Crippen LogP contribution in [0, 0.1) is 0 Å². The first-order valence-corrected chi connectivity index (χ1v) is 9.33. The number of rotatable bonds is 6. The molecule has 2 aromatic carbocycles. The molecule has 1 amide bonds. The fraction of sp³-hybridized carbons (Fsp3) is 0.235. The second-order valence-electron chi connectivity index (χ2n) is 5.82. The van der Waals surface area contributed by atoms with Crippen molar-refractivity contribution in [3.63, 3.8) is 0 Å². The van der Waals surface area contributed by atoms with Crippen LogP contribution in [-0.2, 0) is 19.6 Å². The predicted octanol–water partition coefficient (Wildman–Crippen LogP) is 1.42. The molecule has 1 fully saturated rings. The second kappa shape index (κ2) is 7.42. The van der Waals surface area contributed by atoms with Crippen LogP contribution in [0.1, 0.15) is 6.42 Å². The average molecular weight is 378 g/mol. The molecule has 8 nitrogen and oxygen atoms in total. The minimum Gasteiger partial charge on any atom is -0.457 e. The van der Waals surface area contributed by atoms with Crippen molar-refractivity contribution in [1.29, 1.82) is 0 Å². The molecule has 0 bridgehead atoms. The summed E-state index contributed by atoms with van der Waals surface area (Å²) in [5, 5.41) is 8.90. The Kier molecular flexibility index (Phi) is 5.23. The van der Waals surface area contributed by atoms with E-state index in [1.165, 1.54) is 29.7 Å². The number of hydrogen-bond acceptors (Lipinski definition) is 6. The van der Waals surface area contributed by atoms with Gasteiger partial charge in [-0.3, -0.25) is 10.0 Å². The Morgan fingerprint density at radius 2 is 1.73 bits per heavy atom. The number of sulfonamides is 1. The summed E-state index contributed by atoms with van der Waals surface area (Å²) in [6.45, 7) is 0.0492. The van der Waals surface area contributed by atoms with E-state index < -0.39 is 21.5 Å². The van der Waals surface area contributed by atoms with Crippen LogP contribution in [0.3, 0.4) is 0 Å². The van der Waals surface area contributed by atoms with E-state index in [-0.39, 0.29) is 24.5 Å². The molecule has 0 spiro atoms. The van der Waals surface area contributed by atoms with E-state index in [0.29, 0.717) is 11.5 Å². The number of hydrogen-bond donors (Lipinski definition) is 3. The van der Waals surface area contributed by atoms with E-state index in [1.807, 2.05) is 18.2 Å². The number of amides is 1. The Morgan fingerprint density at radius 3 is 2.31 bits per heavy atom. The van der Waals surface area contributed by atoms with Crippen molar-refractivity contribution in [2.24, 2.45) is 0 Å². The molecule has 1 aliphatic rings. The molecule has 1 saturated heterocycles. The number of para-hydroxylation sites is 1. The molecule has 1 heterocycles. The maximum absolute atomic E-state index is 12.6. The fourth-order valence-corrected chi connectivity index (χ4v) is 3.99. The van der Waals surface area contributed by atoms with Crippen molar-refractivity contribution >= 4 is 15.9 Å². The average Bonchev–Trinajstić information content (AvgIpc) is 3.11. The van der Waals surface area contributed by atoms with Gasteiger partial charge < -0.3 is 9.47 Å². The second-order valence-corrected chi connectivity index (χ2v) is 7.50. The number of benzene rings is 2. The van der Waals surface area contributed by atoms with E-state index in [2.05, 4.69) is 4.72 Å². The summed E-state index contributed by atoms with van der Waals surface area (Å²) in [5.41, 5.74) is -0.0426. The molecule has 1 aliphatic heterocycles. The van der Waals surface area contributed by atoms with Crippen molar-refractivity contribution in [3.8, 4) is 11.5 Å². The largest absolute Gasteiger partial charge is 0.457 e. The van der Waals surface area contributed by atoms with E-state index in [9.17, 15) is 13.2 Å². The van der Waals surface area contributed by atoms with Gasteiger partial charge in [-0.05, 0) is 36.4 Å². The van der Waals surface area contributed by atoms with Gasteiger partial charge in [0.05, 0.1) is 11.5 Å². The maximum Gasteiger partial charge on any atom is 0.267 e. The third-order valence-corrected chi connectivity index (χ3v) is 5.55. The van der Waals surface area contributed by atoms with Crippen LogP contribution in [0.15, 0.2) is 59.5 Å². The first kappa shape index (κ1) is 18.3. The number of nitrogens with one attached hydrogen (secondary N) is 2. The van der Waals surface area contributed by atoms with E-state index in [0.717, 1.165) is 0 Å². The zero-order valence-corrected chi connectivity index (χ0v) is 14.5. The van der Waals surface area contributed by atoms with Crippen LogP contribution >= 0.6 is 0 Å². The van der Waals surface area contributed by atoms with Crippen molar-refractivity contribution in [2.75, 3.05) is 13.2 Å². The summed E-state index contributed by atoms with van der Waals surface area (Å²) in [6.07, 6.45) is 0.119. The van der Waals surface area contributed by atoms with Gasteiger partial charge in [-0.25, -0.2) is 13.9 Å². The molecule has 0 aromatic heterocycles. The first-order valence-electron chi connectivity index (χ1n) is 7.84. The Bertz CT molecular complexity index is 862. The fourth-order valence-electron chi connectivity index (χ4n) is 2.61. The minimum atomic E-state index is -4.00. The van der Waals surface area contributed by atoms with Gasteiger partial charge in [0.1, 0.15) is 17.0 Å². The van der Waals surface area contributed by atoms with Crippen molar-refractivity contribution < 1.29 is 27.9 Å². The van der Waals surface area contributed by atoms with Gasteiger partial charge in [0.2, 0.25) is 10.0 Å². The molecule has 0 saturated carbocycles. The highest BCUT2D eigenvalue weighted by Crippen LogP contribution is 2.25. The van der Waals surface area contributed by atoms with Crippen molar-refractivity contribution in [1.82, 2.24) is 10.2 Å². The molecule has 2 aromatic rings. The third-order valence-electron chi connectivity index (χ3n) is 4.00. The molecule has 0 aliphatic carbocycles. The Morgan fingerprint density at radius 1 is 1.08 bits per heavy atom. The summed E-state index contributed by atoms with van der Waals surface area (Å²) < 4.78 is 38.3. The van der Waals surface area contributed by atoms with Crippen LogP contribution in [0.5, 0.6) is 11.5 Å². The summed E-state index contributed by atoms with van der Waals surface area (Å²) in [6, 6.07) is 14.9. The predicted molar refractivity (Wildman–Crippen MR) is 91.4 cm³/mol. The Balaban J connectivity index is 1.78.